The fourth-order valence-electron chi connectivity index (χ4n) is 1.70. The lowest BCUT2D eigenvalue weighted by atomic mass is 10.2. The van der Waals surface area contributed by atoms with Gasteiger partial charge in [-0.25, -0.2) is 4.79 Å². The smallest absolute Gasteiger partial charge is 0.323 e. The maximum Gasteiger partial charge on any atom is 0.323 e. The number of carboxylic acids is 1. The Balaban J connectivity index is 4.39. The van der Waals surface area contributed by atoms with Gasteiger partial charge in [-0.2, -0.15) is 0 Å². The molecule has 0 spiro atoms. The third-order valence-corrected chi connectivity index (χ3v) is 2.44. The van der Waals surface area contributed by atoms with E-state index in [1.807, 2.05) is 13.8 Å². The molecule has 0 fully saturated rings. The number of amides is 2. The molecule has 2 amide bonds. The first-order valence-electron chi connectivity index (χ1n) is 6.31. The van der Waals surface area contributed by atoms with Crippen molar-refractivity contribution in [2.75, 3.05) is 26.8 Å². The summed E-state index contributed by atoms with van der Waals surface area (Å²) >= 11 is 0. The zero-order valence-electron chi connectivity index (χ0n) is 11.4. The second kappa shape index (κ2) is 9.70. The van der Waals surface area contributed by atoms with Crippen molar-refractivity contribution < 1.29 is 19.4 Å². The van der Waals surface area contributed by atoms with Crippen LogP contribution >= 0.6 is 0 Å². The van der Waals surface area contributed by atoms with Crippen LogP contribution in [0.3, 0.4) is 0 Å². The Morgan fingerprint density at radius 2 is 2.00 bits per heavy atom. The molecule has 0 heterocycles. The standard InChI is InChI=1S/C12H24N2O4/c1-4-6-10(9-18-3)13-12(17)14(7-5-2)8-11(15)16/h10H,4-9H2,1-3H3,(H,13,17)(H,15,16). The fraction of sp³-hybridized carbons (Fsp3) is 0.833. The van der Waals surface area contributed by atoms with E-state index in [-0.39, 0.29) is 18.6 Å². The highest BCUT2D eigenvalue weighted by molar-refractivity contribution is 5.80. The van der Waals surface area contributed by atoms with Crippen molar-refractivity contribution in [2.24, 2.45) is 0 Å². The van der Waals surface area contributed by atoms with Gasteiger partial charge in [0, 0.05) is 13.7 Å². The Morgan fingerprint density at radius 3 is 2.44 bits per heavy atom. The minimum Gasteiger partial charge on any atom is -0.480 e. The summed E-state index contributed by atoms with van der Waals surface area (Å²) in [5, 5.41) is 11.6. The fourth-order valence-corrected chi connectivity index (χ4v) is 1.70. The van der Waals surface area contributed by atoms with Gasteiger partial charge in [-0.15, -0.1) is 0 Å². The molecule has 0 saturated carbocycles. The van der Waals surface area contributed by atoms with Crippen molar-refractivity contribution in [2.45, 2.75) is 39.2 Å². The van der Waals surface area contributed by atoms with E-state index in [0.717, 1.165) is 19.3 Å². The van der Waals surface area contributed by atoms with E-state index in [2.05, 4.69) is 5.32 Å². The molecule has 106 valence electrons. The lowest BCUT2D eigenvalue weighted by molar-refractivity contribution is -0.137. The molecule has 6 heteroatoms. The molecule has 1 unspecified atom stereocenters. The number of carboxylic acid groups (broad SMARTS) is 1. The van der Waals surface area contributed by atoms with E-state index in [1.165, 1.54) is 4.90 Å². The highest BCUT2D eigenvalue weighted by atomic mass is 16.5. The summed E-state index contributed by atoms with van der Waals surface area (Å²) in [5.74, 6) is -1.00. The Labute approximate surface area is 108 Å². The number of carbonyl (C=O) groups is 2. The van der Waals surface area contributed by atoms with Gasteiger partial charge in [0.15, 0.2) is 0 Å². The summed E-state index contributed by atoms with van der Waals surface area (Å²) in [4.78, 5) is 23.9. The minimum absolute atomic E-state index is 0.0688. The Morgan fingerprint density at radius 1 is 1.33 bits per heavy atom. The van der Waals surface area contributed by atoms with Crippen LogP contribution in [0.25, 0.3) is 0 Å². The molecular weight excluding hydrogens is 236 g/mol. The topological polar surface area (TPSA) is 78.9 Å². The molecule has 0 aromatic carbocycles. The number of hydrogen-bond acceptors (Lipinski definition) is 3. The number of urea groups is 1. The molecule has 0 aliphatic heterocycles. The van der Waals surface area contributed by atoms with Gasteiger partial charge in [-0.1, -0.05) is 20.3 Å². The lowest BCUT2D eigenvalue weighted by Gasteiger charge is -2.24. The number of ether oxygens (including phenoxy) is 1. The first-order valence-corrected chi connectivity index (χ1v) is 6.31. The number of nitrogens with one attached hydrogen (secondary N) is 1. The highest BCUT2D eigenvalue weighted by Gasteiger charge is 2.19. The summed E-state index contributed by atoms with van der Waals surface area (Å²) < 4.78 is 5.03. The third kappa shape index (κ3) is 7.11. The Kier molecular flexibility index (Phi) is 9.00. The van der Waals surface area contributed by atoms with E-state index >= 15 is 0 Å². The van der Waals surface area contributed by atoms with Gasteiger partial charge in [0.1, 0.15) is 6.54 Å². The summed E-state index contributed by atoms with van der Waals surface area (Å²) in [6.07, 6.45) is 2.47. The maximum atomic E-state index is 11.9. The first kappa shape index (κ1) is 16.7. The predicted molar refractivity (Wildman–Crippen MR) is 68.6 cm³/mol. The molecule has 0 saturated heterocycles. The molecule has 0 aliphatic carbocycles. The van der Waals surface area contributed by atoms with Crippen molar-refractivity contribution in [3.8, 4) is 0 Å². The monoisotopic (exact) mass is 260 g/mol. The molecule has 0 aliphatic rings. The Bertz CT molecular complexity index is 252. The van der Waals surface area contributed by atoms with E-state index in [0.29, 0.717) is 13.2 Å². The number of hydrogen-bond donors (Lipinski definition) is 2. The summed E-state index contributed by atoms with van der Waals surface area (Å²) in [6, 6.07) is -0.407. The second-order valence-corrected chi connectivity index (χ2v) is 4.21. The number of aliphatic carboxylic acids is 1. The largest absolute Gasteiger partial charge is 0.480 e. The average Bonchev–Trinajstić information content (AvgIpc) is 2.28. The van der Waals surface area contributed by atoms with E-state index in [9.17, 15) is 9.59 Å². The predicted octanol–water partition coefficient (Wildman–Crippen LogP) is 1.31. The SMILES string of the molecule is CCCC(COC)NC(=O)N(CCC)CC(=O)O. The van der Waals surface area contributed by atoms with Crippen LogP contribution in [0.15, 0.2) is 0 Å². The van der Waals surface area contributed by atoms with E-state index < -0.39 is 5.97 Å². The molecule has 0 bridgehead atoms. The first-order chi connectivity index (χ1) is 8.54. The van der Waals surface area contributed by atoms with Crippen LogP contribution in [0.5, 0.6) is 0 Å². The van der Waals surface area contributed by atoms with Crippen molar-refractivity contribution in [3.05, 3.63) is 0 Å². The molecule has 18 heavy (non-hydrogen) atoms. The summed E-state index contributed by atoms with van der Waals surface area (Å²) in [5.41, 5.74) is 0. The molecule has 0 aromatic heterocycles. The third-order valence-electron chi connectivity index (χ3n) is 2.44. The number of nitrogens with zero attached hydrogens (tertiary/aromatic N) is 1. The summed E-state index contributed by atoms with van der Waals surface area (Å²) in [7, 11) is 1.58. The lowest BCUT2D eigenvalue weighted by Crippen LogP contribution is -2.48. The van der Waals surface area contributed by atoms with E-state index in [4.69, 9.17) is 9.84 Å². The van der Waals surface area contributed by atoms with Crippen LogP contribution in [0.2, 0.25) is 0 Å². The Hall–Kier alpha value is -1.30. The molecule has 0 rings (SSSR count). The van der Waals surface area contributed by atoms with Crippen LogP contribution in [0.4, 0.5) is 4.79 Å². The number of rotatable bonds is 9. The zero-order chi connectivity index (χ0) is 14.0. The quantitative estimate of drug-likeness (QED) is 0.655. The van der Waals surface area contributed by atoms with Crippen LogP contribution < -0.4 is 5.32 Å². The average molecular weight is 260 g/mol. The summed E-state index contributed by atoms with van der Waals surface area (Å²) in [6.45, 7) is 4.53. The van der Waals surface area contributed by atoms with Crippen molar-refractivity contribution in [3.63, 3.8) is 0 Å². The molecular formula is C12H24N2O4. The second-order valence-electron chi connectivity index (χ2n) is 4.21. The molecule has 0 aromatic rings. The molecule has 0 radical (unpaired) electrons. The van der Waals surface area contributed by atoms with Crippen LogP contribution in [-0.4, -0.2) is 54.9 Å². The van der Waals surface area contributed by atoms with Gasteiger partial charge in [-0.3, -0.25) is 4.79 Å². The van der Waals surface area contributed by atoms with Gasteiger partial charge >= 0.3 is 12.0 Å². The molecule has 6 nitrogen and oxygen atoms in total. The van der Waals surface area contributed by atoms with Crippen LogP contribution in [-0.2, 0) is 9.53 Å². The van der Waals surface area contributed by atoms with Gasteiger partial charge in [0.2, 0.25) is 0 Å². The van der Waals surface area contributed by atoms with Crippen LogP contribution in [0, 0.1) is 0 Å². The maximum absolute atomic E-state index is 11.9. The van der Waals surface area contributed by atoms with Gasteiger partial charge in [0.25, 0.3) is 0 Å². The van der Waals surface area contributed by atoms with Gasteiger partial charge < -0.3 is 20.1 Å². The number of methoxy groups -OCH3 is 1. The minimum atomic E-state index is -1.00. The van der Waals surface area contributed by atoms with Gasteiger partial charge in [0.05, 0.1) is 12.6 Å². The molecule has 1 atom stereocenters. The van der Waals surface area contributed by atoms with Gasteiger partial charge in [-0.05, 0) is 12.8 Å². The van der Waals surface area contributed by atoms with Crippen molar-refractivity contribution >= 4 is 12.0 Å². The van der Waals surface area contributed by atoms with Crippen LogP contribution in [0.1, 0.15) is 33.1 Å². The molecule has 2 N–H and O–H groups in total. The zero-order valence-corrected chi connectivity index (χ0v) is 11.4. The highest BCUT2D eigenvalue weighted by Crippen LogP contribution is 2.00. The van der Waals surface area contributed by atoms with E-state index in [1.54, 1.807) is 7.11 Å². The van der Waals surface area contributed by atoms with Crippen molar-refractivity contribution in [1.82, 2.24) is 10.2 Å². The number of carbonyl (C=O) groups excluding carboxylic acids is 1. The van der Waals surface area contributed by atoms with Crippen molar-refractivity contribution in [1.29, 1.82) is 0 Å². The normalized spacial score (nSPS) is 11.9.